The van der Waals surface area contributed by atoms with Gasteiger partial charge in [-0.15, -0.1) is 0 Å². The first-order valence-corrected chi connectivity index (χ1v) is 8.92. The largest absolute Gasteiger partial charge is 0.401 e. The molecule has 4 atom stereocenters. The number of halogens is 3. The number of nitrogens with zero attached hydrogens (tertiary/aromatic N) is 2. The first kappa shape index (κ1) is 17.8. The van der Waals surface area contributed by atoms with Crippen LogP contribution in [0.5, 0.6) is 0 Å². The second-order valence-electron chi connectivity index (χ2n) is 7.09. The highest BCUT2D eigenvalue weighted by molar-refractivity contribution is 5.80. The van der Waals surface area contributed by atoms with Crippen molar-refractivity contribution in [1.29, 1.82) is 0 Å². The molecule has 3 aliphatic rings. The molecule has 3 heterocycles. The number of guanidine groups is 1. The van der Waals surface area contributed by atoms with Crippen LogP contribution in [0.25, 0.3) is 0 Å². The van der Waals surface area contributed by atoms with E-state index in [2.05, 4.69) is 15.6 Å². The van der Waals surface area contributed by atoms with Crippen LogP contribution in [0.1, 0.15) is 32.6 Å². The minimum atomic E-state index is -4.11. The van der Waals surface area contributed by atoms with Gasteiger partial charge in [0.1, 0.15) is 0 Å². The van der Waals surface area contributed by atoms with Gasteiger partial charge in [-0.25, -0.2) is 0 Å². The third-order valence-electron chi connectivity index (χ3n) is 5.05. The van der Waals surface area contributed by atoms with Gasteiger partial charge in [-0.05, 0) is 45.1 Å². The minimum Gasteiger partial charge on any atom is -0.373 e. The number of alkyl halides is 3. The Labute approximate surface area is 141 Å². The van der Waals surface area contributed by atoms with Crippen LogP contribution in [0.3, 0.4) is 0 Å². The molecule has 0 spiro atoms. The second-order valence-corrected chi connectivity index (χ2v) is 7.09. The summed E-state index contributed by atoms with van der Waals surface area (Å²) >= 11 is 0. The average molecular weight is 348 g/mol. The number of rotatable bonds is 5. The van der Waals surface area contributed by atoms with Crippen molar-refractivity contribution in [2.24, 2.45) is 10.9 Å². The predicted molar refractivity (Wildman–Crippen MR) is 86.0 cm³/mol. The lowest BCUT2D eigenvalue weighted by atomic mass is 9.96. The molecular weight excluding hydrogens is 321 g/mol. The van der Waals surface area contributed by atoms with E-state index in [4.69, 9.17) is 4.74 Å². The standard InChI is InChI=1S/C16H27F3N4O/c1-2-20-15(22-13-7-12-3-4-14(13)24-12)21-8-11-5-6-23(9-11)10-16(17,18)19/h11-14H,2-10H2,1H3,(H2,20,21,22). The fourth-order valence-electron chi connectivity index (χ4n) is 3.96. The Hall–Kier alpha value is -1.02. The molecule has 2 N–H and O–H groups in total. The van der Waals surface area contributed by atoms with Crippen molar-refractivity contribution in [2.45, 2.75) is 57.0 Å². The summed E-state index contributed by atoms with van der Waals surface area (Å²) in [5.74, 6) is 0.951. The molecule has 3 rings (SSSR count). The number of nitrogens with one attached hydrogen (secondary N) is 2. The van der Waals surface area contributed by atoms with Crippen molar-refractivity contribution in [3.8, 4) is 0 Å². The Morgan fingerprint density at radius 3 is 2.75 bits per heavy atom. The molecule has 3 aliphatic heterocycles. The van der Waals surface area contributed by atoms with Crippen LogP contribution in [-0.2, 0) is 4.74 Å². The SMILES string of the molecule is CCNC(=NCC1CCN(CC(F)(F)F)C1)NC1CC2CCC1O2. The highest BCUT2D eigenvalue weighted by Gasteiger charge is 2.41. The van der Waals surface area contributed by atoms with Crippen LogP contribution in [0.4, 0.5) is 13.2 Å². The summed E-state index contributed by atoms with van der Waals surface area (Å²) in [6, 6.07) is 0.298. The van der Waals surface area contributed by atoms with Gasteiger partial charge in [0.25, 0.3) is 0 Å². The van der Waals surface area contributed by atoms with Crippen LogP contribution in [0.2, 0.25) is 0 Å². The monoisotopic (exact) mass is 348 g/mol. The topological polar surface area (TPSA) is 48.9 Å². The summed E-state index contributed by atoms with van der Waals surface area (Å²) in [5, 5.41) is 6.67. The quantitative estimate of drug-likeness (QED) is 0.587. The van der Waals surface area contributed by atoms with Crippen LogP contribution in [0.15, 0.2) is 4.99 Å². The van der Waals surface area contributed by atoms with Crippen molar-refractivity contribution >= 4 is 5.96 Å². The van der Waals surface area contributed by atoms with Gasteiger partial charge in [0.2, 0.25) is 0 Å². The van der Waals surface area contributed by atoms with Gasteiger partial charge in [0, 0.05) is 19.6 Å². The zero-order valence-corrected chi connectivity index (χ0v) is 14.1. The smallest absolute Gasteiger partial charge is 0.373 e. The number of fused-ring (bicyclic) bond motifs is 2. The third-order valence-corrected chi connectivity index (χ3v) is 5.05. The van der Waals surface area contributed by atoms with Gasteiger partial charge in [-0.1, -0.05) is 0 Å². The van der Waals surface area contributed by atoms with Crippen LogP contribution < -0.4 is 10.6 Å². The minimum absolute atomic E-state index is 0.194. The highest BCUT2D eigenvalue weighted by atomic mass is 19.4. The predicted octanol–water partition coefficient (Wildman–Crippen LogP) is 1.75. The van der Waals surface area contributed by atoms with Crippen molar-refractivity contribution in [3.05, 3.63) is 0 Å². The van der Waals surface area contributed by atoms with E-state index in [1.54, 1.807) is 0 Å². The lowest BCUT2D eigenvalue weighted by molar-refractivity contribution is -0.143. The van der Waals surface area contributed by atoms with Crippen molar-refractivity contribution in [2.75, 3.05) is 32.7 Å². The fraction of sp³-hybridized carbons (Fsp3) is 0.938. The molecule has 3 saturated heterocycles. The molecule has 4 unspecified atom stereocenters. The molecule has 0 radical (unpaired) electrons. The molecule has 2 bridgehead atoms. The Morgan fingerprint density at radius 2 is 2.12 bits per heavy atom. The lowest BCUT2D eigenvalue weighted by Crippen LogP contribution is -2.47. The van der Waals surface area contributed by atoms with Gasteiger partial charge in [-0.3, -0.25) is 9.89 Å². The van der Waals surface area contributed by atoms with Crippen molar-refractivity contribution < 1.29 is 17.9 Å². The van der Waals surface area contributed by atoms with Crippen LogP contribution in [-0.4, -0.2) is 68.0 Å². The molecule has 5 nitrogen and oxygen atoms in total. The van der Waals surface area contributed by atoms with E-state index < -0.39 is 12.7 Å². The Balaban J connectivity index is 1.47. The van der Waals surface area contributed by atoms with E-state index in [1.807, 2.05) is 6.92 Å². The molecule has 0 aromatic carbocycles. The summed E-state index contributed by atoms with van der Waals surface area (Å²) in [5.41, 5.74) is 0. The number of hydrogen-bond donors (Lipinski definition) is 2. The number of likely N-dealkylation sites (tertiary alicyclic amines) is 1. The molecule has 0 aliphatic carbocycles. The summed E-state index contributed by atoms with van der Waals surface area (Å²) in [7, 11) is 0. The number of ether oxygens (including phenoxy) is 1. The summed E-state index contributed by atoms with van der Waals surface area (Å²) < 4.78 is 43.2. The molecule has 0 saturated carbocycles. The first-order valence-electron chi connectivity index (χ1n) is 8.92. The maximum absolute atomic E-state index is 12.4. The van der Waals surface area contributed by atoms with Crippen molar-refractivity contribution in [3.63, 3.8) is 0 Å². The molecule has 24 heavy (non-hydrogen) atoms. The Bertz CT molecular complexity index is 457. The summed E-state index contributed by atoms with van der Waals surface area (Å²) in [4.78, 5) is 6.08. The van der Waals surface area contributed by atoms with Crippen LogP contribution >= 0.6 is 0 Å². The first-order chi connectivity index (χ1) is 11.4. The normalized spacial score (nSPS) is 34.1. The summed E-state index contributed by atoms with van der Waals surface area (Å²) in [6.07, 6.45) is 0.559. The van der Waals surface area contributed by atoms with E-state index in [1.165, 1.54) is 4.90 Å². The average Bonchev–Trinajstić information content (AvgIpc) is 3.20. The number of aliphatic imine (C=N–C) groups is 1. The lowest BCUT2D eigenvalue weighted by Gasteiger charge is -2.23. The molecule has 0 aromatic rings. The van der Waals surface area contributed by atoms with E-state index >= 15 is 0 Å². The zero-order valence-electron chi connectivity index (χ0n) is 14.1. The van der Waals surface area contributed by atoms with E-state index in [-0.39, 0.29) is 12.0 Å². The third kappa shape index (κ3) is 4.75. The molecule has 138 valence electrons. The fourth-order valence-corrected chi connectivity index (χ4v) is 3.96. The molecule has 0 aromatic heterocycles. The van der Waals surface area contributed by atoms with Gasteiger partial charge < -0.3 is 15.4 Å². The molecular formula is C16H27F3N4O. The van der Waals surface area contributed by atoms with Crippen molar-refractivity contribution in [1.82, 2.24) is 15.5 Å². The Morgan fingerprint density at radius 1 is 1.29 bits per heavy atom. The summed E-state index contributed by atoms with van der Waals surface area (Å²) in [6.45, 7) is 3.50. The molecule has 3 fully saturated rings. The van der Waals surface area contributed by atoms with Gasteiger partial charge in [0.15, 0.2) is 5.96 Å². The van der Waals surface area contributed by atoms with Gasteiger partial charge in [0.05, 0.1) is 24.8 Å². The van der Waals surface area contributed by atoms with Gasteiger partial charge >= 0.3 is 6.18 Å². The zero-order chi connectivity index (χ0) is 17.2. The Kier molecular flexibility index (Phi) is 5.54. The molecule has 0 amide bonds. The highest BCUT2D eigenvalue weighted by Crippen LogP contribution is 2.34. The van der Waals surface area contributed by atoms with Crippen LogP contribution in [0, 0.1) is 5.92 Å². The van der Waals surface area contributed by atoms with Gasteiger partial charge in [-0.2, -0.15) is 13.2 Å². The maximum atomic E-state index is 12.4. The van der Waals surface area contributed by atoms with E-state index in [0.717, 1.165) is 38.2 Å². The molecule has 8 heteroatoms. The second kappa shape index (κ2) is 7.47. The maximum Gasteiger partial charge on any atom is 0.401 e. The number of hydrogen-bond acceptors (Lipinski definition) is 3. The van der Waals surface area contributed by atoms with E-state index in [0.29, 0.717) is 31.8 Å². The van der Waals surface area contributed by atoms with E-state index in [9.17, 15) is 13.2 Å².